The Bertz CT molecular complexity index is 2570. The summed E-state index contributed by atoms with van der Waals surface area (Å²) in [5.74, 6) is -0.476. The maximum atomic E-state index is 13.0. The molecule has 242 valence electrons. The zero-order valence-corrected chi connectivity index (χ0v) is 34.0. The van der Waals surface area contributed by atoms with E-state index < -0.39 is 37.1 Å². The first kappa shape index (κ1) is 38.5. The minimum Gasteiger partial charge on any atom is -0.744 e. The number of carbonyl (C=O) groups excluding carboxylic acids is 1. The number of carbonyl (C=O) groups is 1. The summed E-state index contributed by atoms with van der Waals surface area (Å²) < 4.78 is 70.6. The largest absolute Gasteiger partial charge is 1.00 e. The van der Waals surface area contributed by atoms with Gasteiger partial charge in [0, 0.05) is 11.1 Å². The first-order valence-corrected chi connectivity index (χ1v) is 18.4. The number of fused-ring (bicyclic) bond motifs is 2. The molecule has 1 atom stereocenters. The van der Waals surface area contributed by atoms with E-state index in [1.165, 1.54) is 23.5 Å². The van der Waals surface area contributed by atoms with Crippen molar-refractivity contribution in [2.45, 2.75) is 29.7 Å². The van der Waals surface area contributed by atoms with Gasteiger partial charge in [-0.05, 0) is 92.2 Å². The van der Waals surface area contributed by atoms with Crippen molar-refractivity contribution in [3.63, 3.8) is 0 Å². The van der Waals surface area contributed by atoms with Gasteiger partial charge >= 0.3 is 59.1 Å². The molecule has 1 unspecified atom stereocenters. The third kappa shape index (κ3) is 7.55. The van der Waals surface area contributed by atoms with Crippen molar-refractivity contribution in [3.8, 4) is 21.1 Å². The maximum Gasteiger partial charge on any atom is 1.00 e. The standard InChI is InChI=1S/C31H22N6O7S4.2Na/c1-16-3-13-24-27(28(16)48(42,43)44)46-30(33-24)19-6-14-23-25(15-19)45-29(32-23)18-4-7-20(8-5-18)34-35-26-17(2)36-37(31(26)38)21-9-11-22(12-10-21)47(39,40)41;;/h3-15,26H,1-2H3,(H,39,40,41)(H,42,43,44);;/q;2*+1/p-2. The zero-order valence-electron chi connectivity index (χ0n) is 26.8. The molecular formula is C31H20N6Na2O7S4. The predicted octanol–water partition coefficient (Wildman–Crippen LogP) is 0.240. The summed E-state index contributed by atoms with van der Waals surface area (Å²) in [5, 5.41) is 15.1. The monoisotopic (exact) mass is 762 g/mol. The van der Waals surface area contributed by atoms with E-state index in [0.717, 1.165) is 54.8 Å². The number of rotatable bonds is 7. The van der Waals surface area contributed by atoms with Crippen molar-refractivity contribution in [1.29, 1.82) is 0 Å². The number of aromatic nitrogens is 2. The summed E-state index contributed by atoms with van der Waals surface area (Å²) in [6.45, 7) is 3.22. The first-order chi connectivity index (χ1) is 22.8. The molecule has 0 bridgehead atoms. The fourth-order valence-corrected chi connectivity index (χ4v) is 8.86. The van der Waals surface area contributed by atoms with Gasteiger partial charge in [-0.1, -0.05) is 6.07 Å². The number of aryl methyl sites for hydroxylation is 1. The number of hydrogen-bond acceptors (Lipinski definition) is 14. The van der Waals surface area contributed by atoms with Crippen molar-refractivity contribution in [2.24, 2.45) is 15.3 Å². The van der Waals surface area contributed by atoms with E-state index in [1.807, 2.05) is 30.3 Å². The molecule has 2 aromatic heterocycles. The third-order valence-corrected chi connectivity index (χ3v) is 11.7. The number of hydrogen-bond donors (Lipinski definition) is 0. The van der Waals surface area contributed by atoms with Gasteiger partial charge < -0.3 is 9.11 Å². The molecule has 6 aromatic rings. The van der Waals surface area contributed by atoms with Crippen LogP contribution in [0, 0.1) is 6.92 Å². The maximum absolute atomic E-state index is 13.0. The van der Waals surface area contributed by atoms with Crippen LogP contribution in [0.2, 0.25) is 0 Å². The molecule has 4 aromatic carbocycles. The summed E-state index contributed by atoms with van der Waals surface area (Å²) >= 11 is 2.62. The Balaban J connectivity index is 0.00000243. The van der Waals surface area contributed by atoms with Gasteiger partial charge in [0.1, 0.15) is 30.3 Å². The van der Waals surface area contributed by atoms with Gasteiger partial charge in [0.15, 0.2) is 6.04 Å². The topological polar surface area (TPSA) is 198 Å². The van der Waals surface area contributed by atoms with E-state index in [1.54, 1.807) is 38.1 Å². The molecule has 0 N–H and O–H groups in total. The van der Waals surface area contributed by atoms with Gasteiger partial charge in [0.25, 0.3) is 5.91 Å². The van der Waals surface area contributed by atoms with Crippen LogP contribution in [-0.4, -0.2) is 53.6 Å². The average molecular weight is 763 g/mol. The molecule has 1 amide bonds. The second kappa shape index (κ2) is 14.7. The van der Waals surface area contributed by atoms with Gasteiger partial charge in [-0.15, -0.1) is 22.7 Å². The SMILES string of the molecule is CC1=NN(c2ccc(S(=O)(=O)[O-])cc2)C(=O)C1N=Nc1ccc(-c2nc3ccc(-c4nc5ccc(C)c(S(=O)(=O)[O-])c5s4)cc3s2)cc1.[Na+].[Na+]. The number of nitrogens with zero attached hydrogens (tertiary/aromatic N) is 6. The molecule has 0 aliphatic carbocycles. The predicted molar refractivity (Wildman–Crippen MR) is 180 cm³/mol. The number of hydrazone groups is 1. The Labute approximate surface area is 338 Å². The van der Waals surface area contributed by atoms with E-state index in [9.17, 15) is 30.7 Å². The molecule has 13 nitrogen and oxygen atoms in total. The Morgan fingerprint density at radius 1 is 0.760 bits per heavy atom. The van der Waals surface area contributed by atoms with Gasteiger partial charge in [-0.2, -0.15) is 20.3 Å². The minimum absolute atomic E-state index is 0. The van der Waals surface area contributed by atoms with Crippen molar-refractivity contribution in [2.75, 3.05) is 5.01 Å². The van der Waals surface area contributed by atoms with E-state index >= 15 is 0 Å². The van der Waals surface area contributed by atoms with Gasteiger partial charge in [-0.25, -0.2) is 26.8 Å². The molecule has 1 aliphatic heterocycles. The quantitative estimate of drug-likeness (QED) is 0.124. The number of anilines is 1. The Kier molecular flexibility index (Phi) is 11.3. The van der Waals surface area contributed by atoms with Crippen LogP contribution in [0.4, 0.5) is 11.4 Å². The van der Waals surface area contributed by atoms with Gasteiger partial charge in [-0.3, -0.25) is 4.79 Å². The van der Waals surface area contributed by atoms with Crippen LogP contribution in [0.3, 0.4) is 0 Å². The Hall–Kier alpha value is -2.78. The van der Waals surface area contributed by atoms with Gasteiger partial charge in [0.05, 0.1) is 47.3 Å². The molecule has 0 radical (unpaired) electrons. The Morgan fingerprint density at radius 2 is 1.38 bits per heavy atom. The molecule has 19 heteroatoms. The van der Waals surface area contributed by atoms with Crippen LogP contribution in [0.5, 0.6) is 0 Å². The van der Waals surface area contributed by atoms with Crippen molar-refractivity contribution >= 4 is 86.3 Å². The van der Waals surface area contributed by atoms with Crippen molar-refractivity contribution in [1.82, 2.24) is 9.97 Å². The number of benzene rings is 4. The summed E-state index contributed by atoms with van der Waals surface area (Å²) in [5.41, 5.74) is 4.38. The summed E-state index contributed by atoms with van der Waals surface area (Å²) in [6, 6.07) is 20.0. The third-order valence-electron chi connectivity index (χ3n) is 7.46. The molecule has 3 heterocycles. The van der Waals surface area contributed by atoms with Crippen LogP contribution in [-0.2, 0) is 25.0 Å². The number of thiazole rings is 2. The molecule has 7 rings (SSSR count). The molecule has 1 aliphatic rings. The van der Waals surface area contributed by atoms with E-state index in [2.05, 4.69) is 20.3 Å². The molecule has 0 saturated heterocycles. The Morgan fingerprint density at radius 3 is 2.04 bits per heavy atom. The molecule has 0 spiro atoms. The van der Waals surface area contributed by atoms with Crippen LogP contribution < -0.4 is 64.1 Å². The van der Waals surface area contributed by atoms with E-state index in [-0.39, 0.29) is 69.7 Å². The van der Waals surface area contributed by atoms with E-state index in [4.69, 9.17) is 4.98 Å². The van der Waals surface area contributed by atoms with Crippen LogP contribution in [0.25, 0.3) is 41.6 Å². The molecule has 0 saturated carbocycles. The smallest absolute Gasteiger partial charge is 0.744 e. The first-order valence-electron chi connectivity index (χ1n) is 14.0. The van der Waals surface area contributed by atoms with Crippen LogP contribution in [0.15, 0.2) is 104 Å². The molecular weight excluding hydrogens is 743 g/mol. The molecule has 50 heavy (non-hydrogen) atoms. The van der Waals surface area contributed by atoms with E-state index in [0.29, 0.717) is 32.2 Å². The number of amides is 1. The van der Waals surface area contributed by atoms with Crippen LogP contribution in [0.1, 0.15) is 12.5 Å². The summed E-state index contributed by atoms with van der Waals surface area (Å²) in [4.78, 5) is 21.7. The number of azo groups is 1. The minimum atomic E-state index is -4.67. The second-order valence-electron chi connectivity index (χ2n) is 10.7. The van der Waals surface area contributed by atoms with Crippen LogP contribution >= 0.6 is 22.7 Å². The molecule has 0 fully saturated rings. The average Bonchev–Trinajstić information content (AvgIpc) is 3.74. The van der Waals surface area contributed by atoms with Crippen molar-refractivity contribution < 1.29 is 89.9 Å². The fraction of sp³-hybridized carbons (Fsp3) is 0.0968. The summed E-state index contributed by atoms with van der Waals surface area (Å²) in [7, 11) is -9.29. The summed E-state index contributed by atoms with van der Waals surface area (Å²) in [6.07, 6.45) is 0. The normalized spacial score (nSPS) is 15.0. The zero-order chi connectivity index (χ0) is 34.0. The second-order valence-corrected chi connectivity index (χ2v) is 15.5. The van der Waals surface area contributed by atoms with Gasteiger partial charge in [0.2, 0.25) is 0 Å². The van der Waals surface area contributed by atoms with Crippen molar-refractivity contribution in [3.05, 3.63) is 84.4 Å². The fourth-order valence-electron chi connectivity index (χ4n) is 5.10.